The molecular weight excluding hydrogens is 172 g/mol. The lowest BCUT2D eigenvalue weighted by Crippen LogP contribution is -2.24. The number of hydrogen-bond acceptors (Lipinski definition) is 1. The van der Waals surface area contributed by atoms with Gasteiger partial charge in [0, 0.05) is 12.0 Å². The maximum Gasteiger partial charge on any atom is 0.0493 e. The van der Waals surface area contributed by atoms with Crippen LogP contribution in [0.5, 0.6) is 0 Å². The van der Waals surface area contributed by atoms with Crippen LogP contribution in [0.3, 0.4) is 0 Å². The van der Waals surface area contributed by atoms with Crippen molar-refractivity contribution in [3.05, 3.63) is 34.9 Å². The van der Waals surface area contributed by atoms with Gasteiger partial charge in [0.25, 0.3) is 0 Å². The minimum Gasteiger partial charge on any atom is -0.396 e. The molecule has 1 N–H and O–H groups in total. The van der Waals surface area contributed by atoms with Crippen LogP contribution in [-0.4, -0.2) is 11.7 Å². The van der Waals surface area contributed by atoms with E-state index in [1.165, 1.54) is 16.7 Å². The Labute approximate surface area is 85.8 Å². The Kier molecular flexibility index (Phi) is 2.36. The van der Waals surface area contributed by atoms with Crippen molar-refractivity contribution >= 4 is 0 Å². The van der Waals surface area contributed by atoms with Gasteiger partial charge in [0.1, 0.15) is 0 Å². The smallest absolute Gasteiger partial charge is 0.0493 e. The van der Waals surface area contributed by atoms with E-state index in [1.54, 1.807) is 0 Å². The fourth-order valence-corrected chi connectivity index (χ4v) is 2.44. The second kappa shape index (κ2) is 3.39. The van der Waals surface area contributed by atoms with Crippen molar-refractivity contribution in [3.8, 4) is 0 Å². The summed E-state index contributed by atoms with van der Waals surface area (Å²) in [7, 11) is 0. The molecule has 14 heavy (non-hydrogen) atoms. The monoisotopic (exact) mass is 190 g/mol. The van der Waals surface area contributed by atoms with E-state index in [0.717, 1.165) is 19.3 Å². The quantitative estimate of drug-likeness (QED) is 0.759. The molecule has 1 nitrogen and oxygen atoms in total. The highest BCUT2D eigenvalue weighted by Crippen LogP contribution is 2.39. The first-order chi connectivity index (χ1) is 6.69. The molecular formula is C13H18O. The molecule has 0 aliphatic heterocycles. The molecule has 2 rings (SSSR count). The highest BCUT2D eigenvalue weighted by molar-refractivity contribution is 5.37. The maximum absolute atomic E-state index is 9.46. The van der Waals surface area contributed by atoms with Crippen molar-refractivity contribution < 1.29 is 5.11 Å². The molecule has 0 aromatic heterocycles. The zero-order chi connectivity index (χ0) is 10.2. The third-order valence-corrected chi connectivity index (χ3v) is 3.58. The molecule has 0 saturated heterocycles. The molecule has 1 heteroatoms. The van der Waals surface area contributed by atoms with E-state index in [4.69, 9.17) is 0 Å². The van der Waals surface area contributed by atoms with Crippen LogP contribution in [0, 0.1) is 12.3 Å². The van der Waals surface area contributed by atoms with E-state index in [1.807, 2.05) is 0 Å². The summed E-state index contributed by atoms with van der Waals surface area (Å²) in [6.45, 7) is 4.62. The zero-order valence-corrected chi connectivity index (χ0v) is 9.01. The van der Waals surface area contributed by atoms with E-state index in [-0.39, 0.29) is 5.41 Å². The number of rotatable bonds is 2. The zero-order valence-electron chi connectivity index (χ0n) is 9.01. The fourth-order valence-electron chi connectivity index (χ4n) is 2.44. The van der Waals surface area contributed by atoms with E-state index in [2.05, 4.69) is 32.0 Å². The van der Waals surface area contributed by atoms with Crippen molar-refractivity contribution in [3.63, 3.8) is 0 Å². The van der Waals surface area contributed by atoms with Crippen molar-refractivity contribution in [2.75, 3.05) is 6.61 Å². The number of benzene rings is 1. The summed E-state index contributed by atoms with van der Waals surface area (Å²) in [4.78, 5) is 0. The maximum atomic E-state index is 9.46. The van der Waals surface area contributed by atoms with Gasteiger partial charge in [-0.2, -0.15) is 0 Å². The number of aliphatic hydroxyl groups excluding tert-OH is 1. The standard InChI is InChI=1S/C13H18O/c1-3-13(9-14)7-11-5-4-10(2)6-12(11)8-13/h4-6,14H,3,7-9H2,1-2H3. The lowest BCUT2D eigenvalue weighted by atomic mass is 9.83. The van der Waals surface area contributed by atoms with Gasteiger partial charge in [0.05, 0.1) is 0 Å². The Balaban J connectivity index is 2.33. The molecule has 0 bridgehead atoms. The van der Waals surface area contributed by atoms with E-state index < -0.39 is 0 Å². The minimum atomic E-state index is 0.135. The van der Waals surface area contributed by atoms with Gasteiger partial charge in [-0.15, -0.1) is 0 Å². The van der Waals surface area contributed by atoms with Gasteiger partial charge in [-0.1, -0.05) is 30.7 Å². The Bertz CT molecular complexity index is 337. The summed E-state index contributed by atoms with van der Waals surface area (Å²) in [5.74, 6) is 0. The van der Waals surface area contributed by atoms with Crippen LogP contribution >= 0.6 is 0 Å². The number of aliphatic hydroxyl groups is 1. The molecule has 0 amide bonds. The Hall–Kier alpha value is -0.820. The van der Waals surface area contributed by atoms with Crippen LogP contribution < -0.4 is 0 Å². The average Bonchev–Trinajstić information content (AvgIpc) is 2.56. The first-order valence-corrected chi connectivity index (χ1v) is 5.38. The van der Waals surface area contributed by atoms with Crippen LogP contribution in [0.15, 0.2) is 18.2 Å². The normalized spacial score (nSPS) is 25.1. The van der Waals surface area contributed by atoms with E-state index >= 15 is 0 Å². The van der Waals surface area contributed by atoms with Crippen molar-refractivity contribution in [2.24, 2.45) is 5.41 Å². The van der Waals surface area contributed by atoms with Crippen molar-refractivity contribution in [1.29, 1.82) is 0 Å². The molecule has 0 fully saturated rings. The predicted octanol–water partition coefficient (Wildman–Crippen LogP) is 2.48. The van der Waals surface area contributed by atoms with Crippen LogP contribution in [0.25, 0.3) is 0 Å². The molecule has 0 saturated carbocycles. The number of hydrogen-bond donors (Lipinski definition) is 1. The van der Waals surface area contributed by atoms with E-state index in [0.29, 0.717) is 6.61 Å². The van der Waals surface area contributed by atoms with Crippen LogP contribution in [-0.2, 0) is 12.8 Å². The van der Waals surface area contributed by atoms with E-state index in [9.17, 15) is 5.11 Å². The van der Waals surface area contributed by atoms with Gasteiger partial charge in [0.15, 0.2) is 0 Å². The Morgan fingerprint density at radius 2 is 2.00 bits per heavy atom. The largest absolute Gasteiger partial charge is 0.396 e. The SMILES string of the molecule is CCC1(CO)Cc2ccc(C)cc2C1. The molecule has 0 radical (unpaired) electrons. The fraction of sp³-hybridized carbons (Fsp3) is 0.538. The molecule has 1 aliphatic carbocycles. The topological polar surface area (TPSA) is 20.2 Å². The van der Waals surface area contributed by atoms with Gasteiger partial charge < -0.3 is 5.11 Å². The first kappa shape index (κ1) is 9.72. The Morgan fingerprint density at radius 3 is 2.64 bits per heavy atom. The van der Waals surface area contributed by atoms with Gasteiger partial charge in [-0.3, -0.25) is 0 Å². The first-order valence-electron chi connectivity index (χ1n) is 5.38. The highest BCUT2D eigenvalue weighted by atomic mass is 16.3. The third kappa shape index (κ3) is 1.46. The lowest BCUT2D eigenvalue weighted by Gasteiger charge is -2.24. The van der Waals surface area contributed by atoms with Crippen molar-refractivity contribution in [1.82, 2.24) is 0 Å². The minimum absolute atomic E-state index is 0.135. The summed E-state index contributed by atoms with van der Waals surface area (Å²) in [5.41, 5.74) is 4.34. The molecule has 1 atom stereocenters. The predicted molar refractivity (Wildman–Crippen MR) is 58.4 cm³/mol. The average molecular weight is 190 g/mol. The molecule has 76 valence electrons. The summed E-state index contributed by atoms with van der Waals surface area (Å²) in [6.07, 6.45) is 3.17. The van der Waals surface area contributed by atoms with Gasteiger partial charge >= 0.3 is 0 Å². The summed E-state index contributed by atoms with van der Waals surface area (Å²) >= 11 is 0. The number of fused-ring (bicyclic) bond motifs is 1. The molecule has 1 aromatic rings. The molecule has 1 unspecified atom stereocenters. The molecule has 0 heterocycles. The second-order valence-electron chi connectivity index (χ2n) is 4.64. The van der Waals surface area contributed by atoms with Gasteiger partial charge in [0.2, 0.25) is 0 Å². The third-order valence-electron chi connectivity index (χ3n) is 3.58. The van der Waals surface area contributed by atoms with Crippen LogP contribution in [0.4, 0.5) is 0 Å². The van der Waals surface area contributed by atoms with Gasteiger partial charge in [-0.25, -0.2) is 0 Å². The highest BCUT2D eigenvalue weighted by Gasteiger charge is 2.34. The summed E-state index contributed by atoms with van der Waals surface area (Å²) < 4.78 is 0. The van der Waals surface area contributed by atoms with Crippen molar-refractivity contribution in [2.45, 2.75) is 33.1 Å². The summed E-state index contributed by atoms with van der Waals surface area (Å²) in [5, 5.41) is 9.46. The lowest BCUT2D eigenvalue weighted by molar-refractivity contribution is 0.130. The van der Waals surface area contributed by atoms with Crippen LogP contribution in [0.2, 0.25) is 0 Å². The van der Waals surface area contributed by atoms with Crippen LogP contribution in [0.1, 0.15) is 30.0 Å². The number of aryl methyl sites for hydroxylation is 1. The van der Waals surface area contributed by atoms with Gasteiger partial charge in [-0.05, 0) is 37.3 Å². The summed E-state index contributed by atoms with van der Waals surface area (Å²) in [6, 6.07) is 6.65. The second-order valence-corrected chi connectivity index (χ2v) is 4.64. The molecule has 0 spiro atoms. The Morgan fingerprint density at radius 1 is 1.29 bits per heavy atom. The molecule has 1 aliphatic rings. The molecule has 1 aromatic carbocycles.